The molecule has 2 saturated heterocycles. The molecule has 6 heteroatoms. The van der Waals surface area contributed by atoms with E-state index >= 15 is 0 Å². The molecule has 0 radical (unpaired) electrons. The van der Waals surface area contributed by atoms with Crippen molar-refractivity contribution in [3.8, 4) is 0 Å². The molecule has 4 aliphatic rings. The van der Waals surface area contributed by atoms with Crippen molar-refractivity contribution in [1.29, 1.82) is 0 Å². The van der Waals surface area contributed by atoms with Crippen molar-refractivity contribution in [2.24, 2.45) is 17.8 Å². The molecule has 2 aliphatic heterocycles. The van der Waals surface area contributed by atoms with Gasteiger partial charge in [-0.05, 0) is 78.2 Å². The van der Waals surface area contributed by atoms with Gasteiger partial charge in [-0.25, -0.2) is 0 Å². The van der Waals surface area contributed by atoms with Crippen LogP contribution in [0.5, 0.6) is 0 Å². The third-order valence-electron chi connectivity index (χ3n) is 9.71. The van der Waals surface area contributed by atoms with Crippen LogP contribution in [0.2, 0.25) is 0 Å². The lowest BCUT2D eigenvalue weighted by Crippen LogP contribution is -2.31. The lowest BCUT2D eigenvalue weighted by atomic mass is 9.77. The van der Waals surface area contributed by atoms with Crippen LogP contribution in [0.4, 0.5) is 0 Å². The summed E-state index contributed by atoms with van der Waals surface area (Å²) in [5, 5.41) is 0. The Balaban J connectivity index is 1.35. The normalized spacial score (nSPS) is 30.4. The van der Waals surface area contributed by atoms with Gasteiger partial charge in [0.25, 0.3) is 5.91 Å². The summed E-state index contributed by atoms with van der Waals surface area (Å²) in [6.07, 6.45) is 11.7. The number of ketones is 1. The molecule has 0 N–H and O–H groups in total. The molecule has 3 fully saturated rings. The molecule has 0 aromatic heterocycles. The lowest BCUT2D eigenvalue weighted by Gasteiger charge is -2.32. The minimum Gasteiger partial charge on any atom is -0.293 e. The molecule has 1 amide bonds. The number of allylic oxidation sites excluding steroid dienone is 2. The highest BCUT2D eigenvalue weighted by molar-refractivity contribution is 8.27. The van der Waals surface area contributed by atoms with E-state index in [1.54, 1.807) is 11.0 Å². The van der Waals surface area contributed by atoms with Crippen LogP contribution in [-0.2, 0) is 16.0 Å². The van der Waals surface area contributed by atoms with Crippen LogP contribution in [0.1, 0.15) is 86.5 Å². The predicted octanol–water partition coefficient (Wildman–Crippen LogP) is 9.27. The highest BCUT2D eigenvalue weighted by Gasteiger charge is 2.42. The molecule has 6 rings (SSSR count). The molecule has 1 saturated carbocycles. The Hall–Kier alpha value is -2.41. The van der Waals surface area contributed by atoms with Gasteiger partial charge in [-0.3, -0.25) is 14.5 Å². The summed E-state index contributed by atoms with van der Waals surface area (Å²) in [5.41, 5.74) is 5.53. The maximum atomic E-state index is 13.8. The van der Waals surface area contributed by atoms with E-state index in [1.807, 2.05) is 6.92 Å². The third kappa shape index (κ3) is 5.51. The predicted molar refractivity (Wildman–Crippen MR) is 181 cm³/mol. The lowest BCUT2D eigenvalue weighted by molar-refractivity contribution is -0.122. The second kappa shape index (κ2) is 12.7. The summed E-state index contributed by atoms with van der Waals surface area (Å²) >= 11 is 8.44. The van der Waals surface area contributed by atoms with Gasteiger partial charge in [0.05, 0.1) is 9.81 Å². The van der Waals surface area contributed by atoms with Gasteiger partial charge >= 0.3 is 0 Å². The largest absolute Gasteiger partial charge is 0.293 e. The molecule has 2 heterocycles. The quantitative estimate of drug-likeness (QED) is 0.184. The van der Waals surface area contributed by atoms with Crippen molar-refractivity contribution < 1.29 is 9.59 Å². The average Bonchev–Trinajstić information content (AvgIpc) is 3.54. The maximum absolute atomic E-state index is 13.8. The van der Waals surface area contributed by atoms with Crippen molar-refractivity contribution in [1.82, 2.24) is 4.90 Å². The molecular formula is C36H39NO2S3. The third-order valence-corrected chi connectivity index (χ3v) is 12.6. The Kier molecular flexibility index (Phi) is 8.95. The minimum absolute atomic E-state index is 0.0313. The molecule has 0 bridgehead atoms. The van der Waals surface area contributed by atoms with E-state index in [0.717, 1.165) is 34.6 Å². The Labute approximate surface area is 264 Å². The fraction of sp³-hybridized carbons (Fsp3) is 0.417. The number of hydrogen-bond acceptors (Lipinski definition) is 5. The van der Waals surface area contributed by atoms with E-state index in [-0.39, 0.29) is 23.5 Å². The molecule has 3 nitrogen and oxygen atoms in total. The van der Waals surface area contributed by atoms with Crippen LogP contribution >= 0.6 is 35.7 Å². The molecule has 42 heavy (non-hydrogen) atoms. The summed E-state index contributed by atoms with van der Waals surface area (Å²) < 4.78 is 0.569. The Morgan fingerprint density at radius 2 is 1.86 bits per heavy atom. The number of hydrogen-bond donors (Lipinski definition) is 0. The van der Waals surface area contributed by atoms with E-state index in [0.29, 0.717) is 33.5 Å². The number of thiocarbonyl (C=S) groups is 1. The monoisotopic (exact) mass is 613 g/mol. The summed E-state index contributed by atoms with van der Waals surface area (Å²) in [6.45, 7) is 8.37. The number of benzene rings is 2. The van der Waals surface area contributed by atoms with Crippen molar-refractivity contribution in [2.45, 2.75) is 70.6 Å². The zero-order valence-corrected chi connectivity index (χ0v) is 27.0. The Bertz CT molecular complexity index is 1480. The van der Waals surface area contributed by atoms with Crippen molar-refractivity contribution in [3.05, 3.63) is 98.2 Å². The van der Waals surface area contributed by atoms with E-state index in [9.17, 15) is 9.59 Å². The second-order valence-corrected chi connectivity index (χ2v) is 14.9. The highest BCUT2D eigenvalue weighted by atomic mass is 32.2. The SMILES string of the molecule is C=CCN1C(=O)C(=C2SC(=Cc3ccc4c(c3)C3CCCC3C(c3ccccc3)CC4)C(=O)C(C)C2CCC)SC1=S. The summed E-state index contributed by atoms with van der Waals surface area (Å²) in [5.74, 6) is 1.81. The minimum atomic E-state index is -0.179. The standard InChI is InChI=1S/C36H39NO2S3/c1-4-10-26-22(3)32(38)31(41-33(26)34-35(39)37(19-5-2)36(40)42-34)21-23-15-16-25-17-18-27(24-11-7-6-8-12-24)28-13-9-14-29(28)30(25)20-23/h5-8,11-12,15-16,20-22,26-29H,2,4,9-10,13-14,17-19H2,1,3H3. The fourth-order valence-electron chi connectivity index (χ4n) is 7.64. The molecule has 2 aromatic carbocycles. The molecule has 5 unspecified atom stereocenters. The van der Waals surface area contributed by atoms with Gasteiger partial charge in [-0.1, -0.05) is 117 Å². The second-order valence-electron chi connectivity index (χ2n) is 12.1. The Morgan fingerprint density at radius 1 is 1.05 bits per heavy atom. The van der Waals surface area contributed by atoms with Crippen LogP contribution in [0.15, 0.2) is 75.9 Å². The van der Waals surface area contributed by atoms with Crippen molar-refractivity contribution in [2.75, 3.05) is 6.54 Å². The van der Waals surface area contributed by atoms with Crippen molar-refractivity contribution >= 4 is 57.8 Å². The molecule has 2 aliphatic carbocycles. The first-order valence-corrected chi connectivity index (χ1v) is 17.5. The zero-order valence-electron chi connectivity index (χ0n) is 24.5. The molecule has 218 valence electrons. The number of nitrogens with zero attached hydrogens (tertiary/aromatic N) is 1. The van der Waals surface area contributed by atoms with Gasteiger partial charge < -0.3 is 0 Å². The smallest absolute Gasteiger partial charge is 0.267 e. The van der Waals surface area contributed by atoms with Crippen molar-refractivity contribution in [3.63, 3.8) is 0 Å². The first-order chi connectivity index (χ1) is 20.4. The van der Waals surface area contributed by atoms with Gasteiger partial charge in [-0.15, -0.1) is 6.58 Å². The molecule has 2 aromatic rings. The summed E-state index contributed by atoms with van der Waals surface area (Å²) in [6, 6.07) is 18.0. The number of amides is 1. The van der Waals surface area contributed by atoms with Crippen LogP contribution in [0.25, 0.3) is 6.08 Å². The van der Waals surface area contributed by atoms with Gasteiger partial charge in [0.2, 0.25) is 0 Å². The zero-order chi connectivity index (χ0) is 29.4. The van der Waals surface area contributed by atoms with E-state index in [1.165, 1.54) is 65.9 Å². The van der Waals surface area contributed by atoms with Gasteiger partial charge in [0, 0.05) is 23.3 Å². The van der Waals surface area contributed by atoms with E-state index in [4.69, 9.17) is 12.2 Å². The molecule has 0 spiro atoms. The van der Waals surface area contributed by atoms with Gasteiger partial charge in [-0.2, -0.15) is 0 Å². The molecule has 5 atom stereocenters. The number of fused-ring (bicyclic) bond motifs is 3. The topological polar surface area (TPSA) is 37.4 Å². The number of Topliss-reactive ketones (excluding diaryl/α,β-unsaturated/α-hetero) is 1. The average molecular weight is 614 g/mol. The van der Waals surface area contributed by atoms with Crippen LogP contribution in [-0.4, -0.2) is 27.5 Å². The summed E-state index contributed by atoms with van der Waals surface area (Å²) in [4.78, 5) is 31.2. The van der Waals surface area contributed by atoms with Gasteiger partial charge in [0.15, 0.2) is 5.78 Å². The first-order valence-electron chi connectivity index (χ1n) is 15.4. The maximum Gasteiger partial charge on any atom is 0.267 e. The number of thioether (sulfide) groups is 2. The van der Waals surface area contributed by atoms with Gasteiger partial charge in [0.1, 0.15) is 4.32 Å². The number of carbonyl (C=O) groups excluding carboxylic acids is 2. The fourth-order valence-corrected chi connectivity index (χ4v) is 10.6. The van der Waals surface area contributed by atoms with Crippen LogP contribution in [0, 0.1) is 17.8 Å². The van der Waals surface area contributed by atoms with E-state index < -0.39 is 0 Å². The van der Waals surface area contributed by atoms with E-state index in [2.05, 4.69) is 68.1 Å². The number of carbonyl (C=O) groups is 2. The highest BCUT2D eigenvalue weighted by Crippen LogP contribution is 2.53. The number of aryl methyl sites for hydroxylation is 1. The number of rotatable bonds is 6. The molecular weight excluding hydrogens is 575 g/mol. The Morgan fingerprint density at radius 3 is 2.62 bits per heavy atom. The van der Waals surface area contributed by atoms with Crippen LogP contribution < -0.4 is 0 Å². The first kappa shape index (κ1) is 29.7. The van der Waals surface area contributed by atoms with Crippen LogP contribution in [0.3, 0.4) is 0 Å². The summed E-state index contributed by atoms with van der Waals surface area (Å²) in [7, 11) is 0.